The molecule has 1 heterocycles. The SMILES string of the molecule is Cc1cc(C(N)=S)ccc1N(C)CC1CCOCC1. The van der Waals surface area contributed by atoms with Crippen molar-refractivity contribution in [3.05, 3.63) is 29.3 Å². The minimum absolute atomic E-state index is 0.460. The van der Waals surface area contributed by atoms with Crippen LogP contribution in [0.2, 0.25) is 0 Å². The quantitative estimate of drug-likeness (QED) is 0.859. The van der Waals surface area contributed by atoms with E-state index in [1.165, 1.54) is 11.3 Å². The van der Waals surface area contributed by atoms with Gasteiger partial charge in [-0.25, -0.2) is 0 Å². The van der Waals surface area contributed by atoms with Crippen molar-refractivity contribution >= 4 is 22.9 Å². The molecule has 0 aromatic heterocycles. The van der Waals surface area contributed by atoms with Crippen LogP contribution in [0.15, 0.2) is 18.2 Å². The maximum Gasteiger partial charge on any atom is 0.103 e. The minimum Gasteiger partial charge on any atom is -0.389 e. The number of aryl methyl sites for hydroxylation is 1. The van der Waals surface area contributed by atoms with Crippen LogP contribution in [0, 0.1) is 12.8 Å². The second kappa shape index (κ2) is 6.35. The Morgan fingerprint density at radius 3 is 2.68 bits per heavy atom. The van der Waals surface area contributed by atoms with Gasteiger partial charge in [-0.2, -0.15) is 0 Å². The highest BCUT2D eigenvalue weighted by Gasteiger charge is 2.17. The second-order valence-electron chi connectivity index (χ2n) is 5.30. The maximum atomic E-state index is 5.66. The summed E-state index contributed by atoms with van der Waals surface area (Å²) in [4.78, 5) is 2.79. The molecular weight excluding hydrogens is 256 g/mol. The first kappa shape index (κ1) is 14.3. The van der Waals surface area contributed by atoms with Crippen LogP contribution in [0.25, 0.3) is 0 Å². The number of benzene rings is 1. The van der Waals surface area contributed by atoms with Gasteiger partial charge in [0, 0.05) is 38.1 Å². The highest BCUT2D eigenvalue weighted by molar-refractivity contribution is 7.80. The summed E-state index contributed by atoms with van der Waals surface area (Å²) in [5, 5.41) is 0. The molecular formula is C15H22N2OS. The number of ether oxygens (including phenoxy) is 1. The van der Waals surface area contributed by atoms with Gasteiger partial charge in [0.25, 0.3) is 0 Å². The molecule has 19 heavy (non-hydrogen) atoms. The molecule has 2 rings (SSSR count). The van der Waals surface area contributed by atoms with Crippen LogP contribution in [0.4, 0.5) is 5.69 Å². The lowest BCUT2D eigenvalue weighted by Gasteiger charge is -2.29. The molecule has 3 nitrogen and oxygen atoms in total. The number of thiocarbonyl (C=S) groups is 1. The average molecular weight is 278 g/mol. The Bertz CT molecular complexity index is 455. The number of rotatable bonds is 4. The molecule has 0 saturated carbocycles. The Kier molecular flexibility index (Phi) is 4.77. The zero-order valence-electron chi connectivity index (χ0n) is 11.7. The van der Waals surface area contributed by atoms with E-state index in [2.05, 4.69) is 31.0 Å². The van der Waals surface area contributed by atoms with E-state index in [1.54, 1.807) is 0 Å². The molecule has 0 aliphatic carbocycles. The van der Waals surface area contributed by atoms with Gasteiger partial charge >= 0.3 is 0 Å². The van der Waals surface area contributed by atoms with Crippen molar-refractivity contribution in [1.82, 2.24) is 0 Å². The van der Waals surface area contributed by atoms with E-state index in [0.29, 0.717) is 4.99 Å². The fourth-order valence-electron chi connectivity index (χ4n) is 2.65. The molecule has 0 atom stereocenters. The van der Waals surface area contributed by atoms with Crippen LogP contribution >= 0.6 is 12.2 Å². The molecule has 1 aromatic carbocycles. The first-order valence-electron chi connectivity index (χ1n) is 6.77. The lowest BCUT2D eigenvalue weighted by molar-refractivity contribution is 0.0685. The predicted octanol–water partition coefficient (Wildman–Crippen LogP) is 2.49. The molecule has 0 bridgehead atoms. The van der Waals surface area contributed by atoms with Crippen molar-refractivity contribution in [3.63, 3.8) is 0 Å². The average Bonchev–Trinajstić information content (AvgIpc) is 2.39. The van der Waals surface area contributed by atoms with E-state index in [0.717, 1.165) is 44.1 Å². The van der Waals surface area contributed by atoms with Crippen molar-refractivity contribution in [1.29, 1.82) is 0 Å². The van der Waals surface area contributed by atoms with E-state index >= 15 is 0 Å². The maximum absolute atomic E-state index is 5.66. The molecule has 104 valence electrons. The first-order valence-corrected chi connectivity index (χ1v) is 7.18. The number of nitrogens with zero attached hydrogens (tertiary/aromatic N) is 1. The van der Waals surface area contributed by atoms with E-state index in [9.17, 15) is 0 Å². The minimum atomic E-state index is 0.460. The summed E-state index contributed by atoms with van der Waals surface area (Å²) in [5.74, 6) is 0.730. The lowest BCUT2D eigenvalue weighted by atomic mass is 9.99. The summed E-state index contributed by atoms with van der Waals surface area (Å²) >= 11 is 5.01. The summed E-state index contributed by atoms with van der Waals surface area (Å²) in [5.41, 5.74) is 9.08. The Morgan fingerprint density at radius 2 is 2.11 bits per heavy atom. The van der Waals surface area contributed by atoms with Crippen LogP contribution in [-0.2, 0) is 4.74 Å². The predicted molar refractivity (Wildman–Crippen MR) is 83.9 cm³/mol. The third-order valence-electron chi connectivity index (χ3n) is 3.77. The Morgan fingerprint density at radius 1 is 1.42 bits per heavy atom. The van der Waals surface area contributed by atoms with Gasteiger partial charge in [-0.3, -0.25) is 0 Å². The highest BCUT2D eigenvalue weighted by atomic mass is 32.1. The summed E-state index contributed by atoms with van der Waals surface area (Å²) in [6.07, 6.45) is 2.32. The zero-order valence-corrected chi connectivity index (χ0v) is 12.5. The Hall–Kier alpha value is -1.13. The molecule has 0 unspecified atom stereocenters. The van der Waals surface area contributed by atoms with Crippen LogP contribution in [0.5, 0.6) is 0 Å². The zero-order chi connectivity index (χ0) is 13.8. The molecule has 1 aliphatic rings. The molecule has 1 fully saturated rings. The van der Waals surface area contributed by atoms with Crippen molar-refractivity contribution in [2.24, 2.45) is 11.7 Å². The topological polar surface area (TPSA) is 38.5 Å². The smallest absolute Gasteiger partial charge is 0.103 e. The fraction of sp³-hybridized carbons (Fsp3) is 0.533. The normalized spacial score (nSPS) is 16.3. The second-order valence-corrected chi connectivity index (χ2v) is 5.74. The molecule has 2 N–H and O–H groups in total. The van der Waals surface area contributed by atoms with Gasteiger partial charge in [-0.15, -0.1) is 0 Å². The number of anilines is 1. The Labute approximate surface area is 120 Å². The van der Waals surface area contributed by atoms with Gasteiger partial charge in [-0.1, -0.05) is 12.2 Å². The largest absolute Gasteiger partial charge is 0.389 e. The molecule has 4 heteroatoms. The van der Waals surface area contributed by atoms with Crippen LogP contribution < -0.4 is 10.6 Å². The lowest BCUT2D eigenvalue weighted by Crippen LogP contribution is -2.30. The third kappa shape index (κ3) is 3.67. The van der Waals surface area contributed by atoms with Crippen molar-refractivity contribution in [2.45, 2.75) is 19.8 Å². The summed E-state index contributed by atoms with van der Waals surface area (Å²) in [7, 11) is 2.15. The number of nitrogens with two attached hydrogens (primary N) is 1. The molecule has 1 aromatic rings. The number of hydrogen-bond donors (Lipinski definition) is 1. The van der Waals surface area contributed by atoms with Crippen LogP contribution in [0.3, 0.4) is 0 Å². The highest BCUT2D eigenvalue weighted by Crippen LogP contribution is 2.23. The van der Waals surface area contributed by atoms with E-state index in [1.807, 2.05) is 6.07 Å². The standard InChI is InChI=1S/C15H22N2OS/c1-11-9-13(15(16)19)3-4-14(11)17(2)10-12-5-7-18-8-6-12/h3-4,9,12H,5-8,10H2,1-2H3,(H2,16,19). The van der Waals surface area contributed by atoms with Gasteiger partial charge in [0.2, 0.25) is 0 Å². The van der Waals surface area contributed by atoms with Gasteiger partial charge in [0.1, 0.15) is 4.99 Å². The molecule has 0 spiro atoms. The third-order valence-corrected chi connectivity index (χ3v) is 4.00. The van der Waals surface area contributed by atoms with Crippen LogP contribution in [-0.4, -0.2) is 31.8 Å². The van der Waals surface area contributed by atoms with Crippen molar-refractivity contribution in [3.8, 4) is 0 Å². The summed E-state index contributed by atoms with van der Waals surface area (Å²) in [6.45, 7) is 4.99. The molecule has 0 radical (unpaired) electrons. The van der Waals surface area contributed by atoms with Gasteiger partial charge in [-0.05, 0) is 49.4 Å². The number of hydrogen-bond acceptors (Lipinski definition) is 3. The van der Waals surface area contributed by atoms with E-state index in [-0.39, 0.29) is 0 Å². The molecule has 1 aliphatic heterocycles. The summed E-state index contributed by atoms with van der Waals surface area (Å²) < 4.78 is 5.41. The van der Waals surface area contributed by atoms with Gasteiger partial charge in [0.05, 0.1) is 0 Å². The Balaban J connectivity index is 2.05. The van der Waals surface area contributed by atoms with Crippen LogP contribution in [0.1, 0.15) is 24.0 Å². The van der Waals surface area contributed by atoms with Crippen molar-refractivity contribution in [2.75, 3.05) is 31.7 Å². The first-order chi connectivity index (χ1) is 9.08. The van der Waals surface area contributed by atoms with Gasteiger partial charge in [0.15, 0.2) is 0 Å². The fourth-order valence-corrected chi connectivity index (χ4v) is 2.78. The monoisotopic (exact) mass is 278 g/mol. The van der Waals surface area contributed by atoms with E-state index in [4.69, 9.17) is 22.7 Å². The van der Waals surface area contributed by atoms with Gasteiger partial charge < -0.3 is 15.4 Å². The molecule has 1 saturated heterocycles. The van der Waals surface area contributed by atoms with Crippen molar-refractivity contribution < 1.29 is 4.74 Å². The summed E-state index contributed by atoms with van der Waals surface area (Å²) in [6, 6.07) is 6.19. The van der Waals surface area contributed by atoms with E-state index < -0.39 is 0 Å². The molecule has 0 amide bonds.